The lowest BCUT2D eigenvalue weighted by Gasteiger charge is -2.11. The van der Waals surface area contributed by atoms with Gasteiger partial charge in [0, 0.05) is 29.8 Å². The van der Waals surface area contributed by atoms with Crippen LogP contribution in [-0.4, -0.2) is 16.8 Å². The largest absolute Gasteiger partial charge is 0.331 e. The maximum absolute atomic E-state index is 12.3. The summed E-state index contributed by atoms with van der Waals surface area (Å²) in [4.78, 5) is 28.4. The third kappa shape index (κ3) is 5.12. The average Bonchev–Trinajstić information content (AvgIpc) is 2.74. The molecule has 1 heterocycles. The number of pyridine rings is 1. The number of nitrogens with zero attached hydrogens (tertiary/aromatic N) is 1. The van der Waals surface area contributed by atoms with Gasteiger partial charge < -0.3 is 16.4 Å². The fourth-order valence-corrected chi connectivity index (χ4v) is 2.51. The van der Waals surface area contributed by atoms with Gasteiger partial charge in [-0.2, -0.15) is 0 Å². The molecular weight excluding hydrogens is 352 g/mol. The number of amides is 2. The smallest absolute Gasteiger partial charge is 0.255 e. The van der Waals surface area contributed by atoms with Crippen molar-refractivity contribution in [3.63, 3.8) is 0 Å². The fraction of sp³-hybridized carbons (Fsp3) is 0.0455. The quantitative estimate of drug-likeness (QED) is 0.619. The van der Waals surface area contributed by atoms with Crippen molar-refractivity contribution in [2.45, 2.75) is 6.04 Å². The van der Waals surface area contributed by atoms with Crippen LogP contribution in [0.15, 0.2) is 85.3 Å². The molecule has 6 heteroatoms. The second kappa shape index (κ2) is 9.25. The van der Waals surface area contributed by atoms with Gasteiger partial charge in [0.25, 0.3) is 5.91 Å². The number of aromatic nitrogens is 1. The number of carbonyl (C=O) groups is 2. The Morgan fingerprint density at radius 3 is 2.29 bits per heavy atom. The van der Waals surface area contributed by atoms with Gasteiger partial charge in [-0.3, -0.25) is 14.6 Å². The number of nitrogens with two attached hydrogens (primary N) is 1. The molecule has 0 aliphatic heterocycles. The molecule has 0 saturated carbocycles. The molecule has 3 aromatic rings. The van der Waals surface area contributed by atoms with E-state index in [4.69, 9.17) is 5.73 Å². The Morgan fingerprint density at radius 2 is 1.61 bits per heavy atom. The van der Waals surface area contributed by atoms with E-state index in [1.54, 1.807) is 61.1 Å². The molecular formula is C22H20N4O2. The number of hydrogen-bond donors (Lipinski definition) is 3. The summed E-state index contributed by atoms with van der Waals surface area (Å²) in [6, 6.07) is 18.8. The van der Waals surface area contributed by atoms with Gasteiger partial charge in [-0.1, -0.05) is 42.5 Å². The Morgan fingerprint density at radius 1 is 0.929 bits per heavy atom. The van der Waals surface area contributed by atoms with E-state index in [-0.39, 0.29) is 11.8 Å². The van der Waals surface area contributed by atoms with Crippen molar-refractivity contribution < 1.29 is 9.59 Å². The first kappa shape index (κ1) is 19.0. The molecule has 140 valence electrons. The molecule has 1 unspecified atom stereocenters. The third-order valence-corrected chi connectivity index (χ3v) is 4.05. The summed E-state index contributed by atoms with van der Waals surface area (Å²) >= 11 is 0. The SMILES string of the molecule is NC(C(=O)NC=Cc1ccccc1)c1ccc(C(=O)Nc2ccncc2)cc1. The van der Waals surface area contributed by atoms with Gasteiger partial charge in [0.05, 0.1) is 0 Å². The van der Waals surface area contributed by atoms with Gasteiger partial charge in [0.1, 0.15) is 6.04 Å². The van der Waals surface area contributed by atoms with Crippen molar-refractivity contribution >= 4 is 23.6 Å². The minimum atomic E-state index is -0.835. The van der Waals surface area contributed by atoms with Crippen molar-refractivity contribution in [3.8, 4) is 0 Å². The van der Waals surface area contributed by atoms with Crippen LogP contribution < -0.4 is 16.4 Å². The Labute approximate surface area is 163 Å². The van der Waals surface area contributed by atoms with Crippen LogP contribution in [0.3, 0.4) is 0 Å². The molecule has 2 amide bonds. The molecule has 0 spiro atoms. The molecule has 0 fully saturated rings. The Hall–Kier alpha value is -3.77. The zero-order valence-corrected chi connectivity index (χ0v) is 15.1. The highest BCUT2D eigenvalue weighted by Crippen LogP contribution is 2.14. The zero-order chi connectivity index (χ0) is 19.8. The topological polar surface area (TPSA) is 97.1 Å². The van der Waals surface area contributed by atoms with E-state index in [0.717, 1.165) is 5.56 Å². The molecule has 4 N–H and O–H groups in total. The lowest BCUT2D eigenvalue weighted by molar-refractivity contribution is -0.121. The first-order chi connectivity index (χ1) is 13.6. The van der Waals surface area contributed by atoms with E-state index < -0.39 is 6.04 Å². The summed E-state index contributed by atoms with van der Waals surface area (Å²) in [5, 5.41) is 5.44. The van der Waals surface area contributed by atoms with Crippen molar-refractivity contribution in [3.05, 3.63) is 102 Å². The summed E-state index contributed by atoms with van der Waals surface area (Å²) in [7, 11) is 0. The summed E-state index contributed by atoms with van der Waals surface area (Å²) < 4.78 is 0. The van der Waals surface area contributed by atoms with Crippen molar-refractivity contribution in [1.29, 1.82) is 0 Å². The molecule has 0 radical (unpaired) electrons. The van der Waals surface area contributed by atoms with Gasteiger partial charge in [-0.05, 0) is 41.5 Å². The van der Waals surface area contributed by atoms with E-state index in [1.807, 2.05) is 30.3 Å². The zero-order valence-electron chi connectivity index (χ0n) is 15.1. The van der Waals surface area contributed by atoms with Crippen LogP contribution in [0.4, 0.5) is 5.69 Å². The van der Waals surface area contributed by atoms with Crippen LogP contribution in [0.5, 0.6) is 0 Å². The summed E-state index contributed by atoms with van der Waals surface area (Å²) in [6.07, 6.45) is 6.55. The molecule has 28 heavy (non-hydrogen) atoms. The van der Waals surface area contributed by atoms with Crippen molar-refractivity contribution in [2.24, 2.45) is 5.73 Å². The Bertz CT molecular complexity index is 955. The molecule has 0 aliphatic carbocycles. The number of carbonyl (C=O) groups excluding carboxylic acids is 2. The van der Waals surface area contributed by atoms with E-state index in [0.29, 0.717) is 16.8 Å². The number of rotatable bonds is 6. The Kier molecular flexibility index (Phi) is 6.28. The highest BCUT2D eigenvalue weighted by atomic mass is 16.2. The first-order valence-electron chi connectivity index (χ1n) is 8.72. The predicted molar refractivity (Wildman–Crippen MR) is 109 cm³/mol. The molecule has 3 rings (SSSR count). The maximum Gasteiger partial charge on any atom is 0.255 e. The molecule has 0 saturated heterocycles. The average molecular weight is 372 g/mol. The fourth-order valence-electron chi connectivity index (χ4n) is 2.51. The van der Waals surface area contributed by atoms with Crippen LogP contribution in [0.2, 0.25) is 0 Å². The van der Waals surface area contributed by atoms with Gasteiger partial charge in [0.2, 0.25) is 5.91 Å². The van der Waals surface area contributed by atoms with E-state index >= 15 is 0 Å². The summed E-state index contributed by atoms with van der Waals surface area (Å²) in [5.41, 5.74) is 8.73. The van der Waals surface area contributed by atoms with Crippen LogP contribution in [0.25, 0.3) is 6.08 Å². The number of hydrogen-bond acceptors (Lipinski definition) is 4. The van der Waals surface area contributed by atoms with Crippen molar-refractivity contribution in [2.75, 3.05) is 5.32 Å². The molecule has 1 aromatic heterocycles. The lowest BCUT2D eigenvalue weighted by atomic mass is 10.0. The second-order valence-electron chi connectivity index (χ2n) is 6.04. The van der Waals surface area contributed by atoms with Crippen LogP contribution in [-0.2, 0) is 4.79 Å². The standard InChI is InChI=1S/C22H20N4O2/c23-20(22(28)25-15-10-16-4-2-1-3-5-16)17-6-8-18(9-7-17)21(27)26-19-11-13-24-14-12-19/h1-15,20H,23H2,(H,25,28)(H,24,26,27). The predicted octanol–water partition coefficient (Wildman–Crippen LogP) is 3.12. The molecule has 0 aliphatic rings. The summed E-state index contributed by atoms with van der Waals surface area (Å²) in [5.74, 6) is -0.581. The van der Waals surface area contributed by atoms with E-state index in [9.17, 15) is 9.59 Å². The monoisotopic (exact) mass is 372 g/mol. The highest BCUT2D eigenvalue weighted by Gasteiger charge is 2.15. The molecule has 0 bridgehead atoms. The minimum absolute atomic E-state index is 0.249. The van der Waals surface area contributed by atoms with Gasteiger partial charge in [0.15, 0.2) is 0 Å². The number of benzene rings is 2. The van der Waals surface area contributed by atoms with Crippen LogP contribution in [0, 0.1) is 0 Å². The number of nitrogens with one attached hydrogen (secondary N) is 2. The van der Waals surface area contributed by atoms with Crippen LogP contribution in [0.1, 0.15) is 27.5 Å². The summed E-state index contributed by atoms with van der Waals surface area (Å²) in [6.45, 7) is 0. The molecule has 2 aromatic carbocycles. The first-order valence-corrected chi connectivity index (χ1v) is 8.72. The molecule has 1 atom stereocenters. The molecule has 6 nitrogen and oxygen atoms in total. The van der Waals surface area contributed by atoms with E-state index in [1.165, 1.54) is 0 Å². The third-order valence-electron chi connectivity index (χ3n) is 4.05. The lowest BCUT2D eigenvalue weighted by Crippen LogP contribution is -2.30. The van der Waals surface area contributed by atoms with E-state index in [2.05, 4.69) is 15.6 Å². The normalized spacial score (nSPS) is 11.8. The second-order valence-corrected chi connectivity index (χ2v) is 6.04. The van der Waals surface area contributed by atoms with Crippen molar-refractivity contribution in [1.82, 2.24) is 10.3 Å². The number of anilines is 1. The Balaban J connectivity index is 1.58. The van der Waals surface area contributed by atoms with Gasteiger partial charge >= 0.3 is 0 Å². The maximum atomic E-state index is 12.3. The van der Waals surface area contributed by atoms with Gasteiger partial charge in [-0.25, -0.2) is 0 Å². The highest BCUT2D eigenvalue weighted by molar-refractivity contribution is 6.04. The van der Waals surface area contributed by atoms with Crippen LogP contribution >= 0.6 is 0 Å². The minimum Gasteiger partial charge on any atom is -0.331 e. The van der Waals surface area contributed by atoms with Gasteiger partial charge in [-0.15, -0.1) is 0 Å².